The molecule has 5 heteroatoms. The minimum absolute atomic E-state index is 0.177. The highest BCUT2D eigenvalue weighted by Gasteiger charge is 2.28. The number of morpholine rings is 1. The minimum Gasteiger partial charge on any atom is -0.508 e. The largest absolute Gasteiger partial charge is 0.508 e. The first-order chi connectivity index (χ1) is 12.0. The molecule has 1 fully saturated rings. The first-order valence-corrected chi connectivity index (χ1v) is 9.47. The summed E-state index contributed by atoms with van der Waals surface area (Å²) in [5, 5.41) is 20.7. The van der Waals surface area contributed by atoms with Crippen LogP contribution in [0.3, 0.4) is 0 Å². The van der Waals surface area contributed by atoms with Crippen LogP contribution in [0.15, 0.2) is 12.1 Å². The number of aliphatic hydroxyl groups is 1. The van der Waals surface area contributed by atoms with Crippen LogP contribution in [-0.2, 0) is 15.6 Å². The number of hydrogen-bond donors (Lipinski definition) is 2. The van der Waals surface area contributed by atoms with Crippen LogP contribution in [0.1, 0.15) is 52.7 Å². The predicted molar refractivity (Wildman–Crippen MR) is 104 cm³/mol. The average Bonchev–Trinajstić information content (AvgIpc) is 2.52. The van der Waals surface area contributed by atoms with Crippen molar-refractivity contribution in [2.45, 2.75) is 58.5 Å². The van der Waals surface area contributed by atoms with E-state index in [2.05, 4.69) is 46.4 Å². The topological polar surface area (TPSA) is 62.2 Å². The van der Waals surface area contributed by atoms with E-state index in [1.54, 1.807) is 12.1 Å². The lowest BCUT2D eigenvalue weighted by atomic mass is 9.79. The summed E-state index contributed by atoms with van der Waals surface area (Å²) >= 11 is 0. The van der Waals surface area contributed by atoms with E-state index in [9.17, 15) is 10.2 Å². The Kier molecular flexibility index (Phi) is 6.59. The van der Waals surface area contributed by atoms with Gasteiger partial charge in [0, 0.05) is 30.8 Å². The maximum Gasteiger partial charge on any atom is 0.127 e. The number of benzene rings is 1. The van der Waals surface area contributed by atoms with Gasteiger partial charge in [-0.15, -0.1) is 0 Å². The zero-order valence-corrected chi connectivity index (χ0v) is 17.1. The monoisotopic (exact) mass is 365 g/mol. The quantitative estimate of drug-likeness (QED) is 0.840. The molecule has 2 rings (SSSR count). The Morgan fingerprint density at radius 2 is 1.54 bits per heavy atom. The number of rotatable bonds is 5. The van der Waals surface area contributed by atoms with E-state index in [-0.39, 0.29) is 23.2 Å². The Balaban J connectivity index is 2.20. The number of ether oxygens (including phenoxy) is 2. The van der Waals surface area contributed by atoms with Crippen LogP contribution < -0.4 is 4.74 Å². The Morgan fingerprint density at radius 3 is 2.00 bits per heavy atom. The molecule has 0 bridgehead atoms. The summed E-state index contributed by atoms with van der Waals surface area (Å²) in [5.41, 5.74) is 1.56. The summed E-state index contributed by atoms with van der Waals surface area (Å²) in [6.07, 6.45) is -0.567. The molecule has 1 aromatic carbocycles. The van der Waals surface area contributed by atoms with Crippen LogP contribution in [0.5, 0.6) is 11.5 Å². The molecular formula is C21H35NO4. The van der Waals surface area contributed by atoms with Gasteiger partial charge in [-0.1, -0.05) is 41.5 Å². The van der Waals surface area contributed by atoms with Gasteiger partial charge in [-0.05, 0) is 23.0 Å². The van der Waals surface area contributed by atoms with E-state index in [1.165, 1.54) is 0 Å². The Hall–Kier alpha value is -1.30. The summed E-state index contributed by atoms with van der Waals surface area (Å²) in [6.45, 7) is 16.5. The molecule has 26 heavy (non-hydrogen) atoms. The number of aliphatic hydroxyl groups excluding tert-OH is 1. The third-order valence-electron chi connectivity index (χ3n) is 4.68. The number of hydrogen-bond acceptors (Lipinski definition) is 5. The van der Waals surface area contributed by atoms with E-state index >= 15 is 0 Å². The number of aromatic hydroxyl groups is 1. The van der Waals surface area contributed by atoms with Gasteiger partial charge in [0.1, 0.15) is 24.2 Å². The lowest BCUT2D eigenvalue weighted by Gasteiger charge is -2.31. The van der Waals surface area contributed by atoms with Gasteiger partial charge in [-0.2, -0.15) is 0 Å². The molecule has 0 spiro atoms. The van der Waals surface area contributed by atoms with Crippen molar-refractivity contribution in [1.82, 2.24) is 4.90 Å². The van der Waals surface area contributed by atoms with Gasteiger partial charge in [0.25, 0.3) is 0 Å². The molecule has 1 heterocycles. The summed E-state index contributed by atoms with van der Waals surface area (Å²) in [6, 6.07) is 3.55. The molecule has 1 aliphatic rings. The Morgan fingerprint density at radius 1 is 1.04 bits per heavy atom. The lowest BCUT2D eigenvalue weighted by Crippen LogP contribution is -2.42. The number of phenolic OH excluding ortho intramolecular Hbond substituents is 1. The molecule has 0 amide bonds. The van der Waals surface area contributed by atoms with Crippen molar-refractivity contribution < 1.29 is 19.7 Å². The molecule has 148 valence electrons. The third kappa shape index (κ3) is 5.60. The van der Waals surface area contributed by atoms with Crippen LogP contribution in [-0.4, -0.2) is 60.7 Å². The van der Waals surface area contributed by atoms with Crippen LogP contribution in [0.25, 0.3) is 0 Å². The molecular weight excluding hydrogens is 330 g/mol. The molecule has 0 aromatic heterocycles. The second-order valence-electron chi connectivity index (χ2n) is 9.25. The van der Waals surface area contributed by atoms with E-state index in [4.69, 9.17) is 9.47 Å². The second-order valence-corrected chi connectivity index (χ2v) is 9.25. The highest BCUT2D eigenvalue weighted by Crippen LogP contribution is 2.42. The van der Waals surface area contributed by atoms with Crippen molar-refractivity contribution in [3.05, 3.63) is 23.3 Å². The van der Waals surface area contributed by atoms with Crippen LogP contribution in [0, 0.1) is 0 Å². The van der Waals surface area contributed by atoms with Gasteiger partial charge in [0.15, 0.2) is 0 Å². The summed E-state index contributed by atoms with van der Waals surface area (Å²) in [5.74, 6) is 1.03. The fraction of sp³-hybridized carbons (Fsp3) is 0.714. The fourth-order valence-electron chi connectivity index (χ4n) is 3.20. The SMILES string of the molecule is CC(C)(C)c1cc(O)cc(C(C)(C)C)c1OCC(O)CN1CCOCC1. The van der Waals surface area contributed by atoms with Gasteiger partial charge in [-0.25, -0.2) is 0 Å². The fourth-order valence-corrected chi connectivity index (χ4v) is 3.20. The normalized spacial score (nSPS) is 18.0. The lowest BCUT2D eigenvalue weighted by molar-refractivity contribution is 0.00433. The molecule has 0 aliphatic carbocycles. The maximum atomic E-state index is 10.4. The van der Waals surface area contributed by atoms with Gasteiger partial charge >= 0.3 is 0 Å². The summed E-state index contributed by atoms with van der Waals surface area (Å²) in [7, 11) is 0. The second kappa shape index (κ2) is 8.15. The van der Waals surface area contributed by atoms with Gasteiger partial charge in [-0.3, -0.25) is 4.90 Å². The van der Waals surface area contributed by atoms with Crippen molar-refractivity contribution in [2.24, 2.45) is 0 Å². The number of β-amino-alcohol motifs (C(OH)–C–C–N with tert-alkyl or cyclic N) is 1. The number of phenols is 1. The predicted octanol–water partition coefficient (Wildman–Crippen LogP) is 3.06. The molecule has 5 nitrogen and oxygen atoms in total. The highest BCUT2D eigenvalue weighted by molar-refractivity contribution is 5.52. The average molecular weight is 366 g/mol. The standard InChI is InChI=1S/C21H35NO4/c1-20(2,3)17-11-15(23)12-18(21(4,5)6)19(17)26-14-16(24)13-22-7-9-25-10-8-22/h11-12,16,23-24H,7-10,13-14H2,1-6H3. The van der Waals surface area contributed by atoms with E-state index in [0.717, 1.165) is 30.0 Å². The molecule has 0 saturated carbocycles. The van der Waals surface area contributed by atoms with E-state index < -0.39 is 6.10 Å². The summed E-state index contributed by atoms with van der Waals surface area (Å²) < 4.78 is 11.5. The molecule has 0 radical (unpaired) electrons. The van der Waals surface area contributed by atoms with E-state index in [0.29, 0.717) is 19.8 Å². The first kappa shape index (κ1) is 21.0. The number of nitrogens with zero attached hydrogens (tertiary/aromatic N) is 1. The van der Waals surface area contributed by atoms with E-state index in [1.807, 2.05) is 0 Å². The zero-order chi connectivity index (χ0) is 19.5. The van der Waals surface area contributed by atoms with Gasteiger partial charge < -0.3 is 19.7 Å². The minimum atomic E-state index is -0.567. The highest BCUT2D eigenvalue weighted by atomic mass is 16.5. The van der Waals surface area contributed by atoms with Crippen molar-refractivity contribution in [3.8, 4) is 11.5 Å². The molecule has 1 unspecified atom stereocenters. The van der Waals surface area contributed by atoms with Crippen LogP contribution in [0.2, 0.25) is 0 Å². The van der Waals surface area contributed by atoms with Crippen molar-refractivity contribution in [2.75, 3.05) is 39.5 Å². The van der Waals surface area contributed by atoms with Crippen LogP contribution >= 0.6 is 0 Å². The Bertz CT molecular complexity index is 560. The van der Waals surface area contributed by atoms with Crippen molar-refractivity contribution in [1.29, 1.82) is 0 Å². The third-order valence-corrected chi connectivity index (χ3v) is 4.68. The van der Waals surface area contributed by atoms with Crippen molar-refractivity contribution in [3.63, 3.8) is 0 Å². The summed E-state index contributed by atoms with van der Waals surface area (Å²) in [4.78, 5) is 2.20. The Labute approximate surface area is 157 Å². The molecule has 2 N–H and O–H groups in total. The zero-order valence-electron chi connectivity index (χ0n) is 17.1. The first-order valence-electron chi connectivity index (χ1n) is 9.47. The van der Waals surface area contributed by atoms with Crippen LogP contribution in [0.4, 0.5) is 0 Å². The molecule has 1 atom stereocenters. The smallest absolute Gasteiger partial charge is 0.127 e. The maximum absolute atomic E-state index is 10.4. The van der Waals surface area contributed by atoms with Gasteiger partial charge in [0.2, 0.25) is 0 Å². The molecule has 1 saturated heterocycles. The molecule has 1 aromatic rings. The van der Waals surface area contributed by atoms with Gasteiger partial charge in [0.05, 0.1) is 13.2 Å². The molecule has 1 aliphatic heterocycles. The van der Waals surface area contributed by atoms with Crippen molar-refractivity contribution >= 4 is 0 Å².